The lowest BCUT2D eigenvalue weighted by atomic mass is 9.89. The summed E-state index contributed by atoms with van der Waals surface area (Å²) >= 11 is 3.54. The van der Waals surface area contributed by atoms with Gasteiger partial charge in [0.15, 0.2) is 0 Å². The van der Waals surface area contributed by atoms with E-state index in [2.05, 4.69) is 52.4 Å². The van der Waals surface area contributed by atoms with E-state index in [1.165, 1.54) is 5.56 Å². The molecule has 3 nitrogen and oxygen atoms in total. The molecular formula is C16H22BrNO2. The fourth-order valence-electron chi connectivity index (χ4n) is 3.26. The Morgan fingerprint density at radius 1 is 1.40 bits per heavy atom. The lowest BCUT2D eigenvalue weighted by Gasteiger charge is -2.38. The van der Waals surface area contributed by atoms with Crippen LogP contribution in [0, 0.1) is 0 Å². The third-order valence-electron chi connectivity index (χ3n) is 4.39. The summed E-state index contributed by atoms with van der Waals surface area (Å²) < 4.78 is 12.7. The Balaban J connectivity index is 1.62. The summed E-state index contributed by atoms with van der Waals surface area (Å²) in [6.07, 6.45) is 3.18. The highest BCUT2D eigenvalue weighted by molar-refractivity contribution is 9.10. The van der Waals surface area contributed by atoms with Crippen LogP contribution in [0.4, 0.5) is 0 Å². The second kappa shape index (κ2) is 6.14. The van der Waals surface area contributed by atoms with Gasteiger partial charge in [0.1, 0.15) is 0 Å². The molecule has 20 heavy (non-hydrogen) atoms. The highest BCUT2D eigenvalue weighted by atomic mass is 79.9. The molecule has 3 atom stereocenters. The van der Waals surface area contributed by atoms with Crippen molar-refractivity contribution in [3.8, 4) is 0 Å². The maximum absolute atomic E-state index is 5.99. The SMILES string of the molecule is CC(NC1CCOC2(CCOC2)C1)c1cccc(Br)c1. The van der Waals surface area contributed by atoms with Gasteiger partial charge in [0.2, 0.25) is 0 Å². The second-order valence-electron chi connectivity index (χ2n) is 5.97. The van der Waals surface area contributed by atoms with Crippen molar-refractivity contribution >= 4 is 15.9 Å². The third-order valence-corrected chi connectivity index (χ3v) is 4.89. The molecule has 2 fully saturated rings. The van der Waals surface area contributed by atoms with Crippen LogP contribution in [0.5, 0.6) is 0 Å². The summed E-state index contributed by atoms with van der Waals surface area (Å²) in [6.45, 7) is 4.67. The molecule has 110 valence electrons. The zero-order valence-electron chi connectivity index (χ0n) is 11.9. The van der Waals surface area contributed by atoms with E-state index in [1.807, 2.05) is 0 Å². The van der Waals surface area contributed by atoms with Gasteiger partial charge in [-0.2, -0.15) is 0 Å². The van der Waals surface area contributed by atoms with Gasteiger partial charge in [-0.15, -0.1) is 0 Å². The average molecular weight is 340 g/mol. The van der Waals surface area contributed by atoms with Crippen molar-refractivity contribution in [1.82, 2.24) is 5.32 Å². The fourth-order valence-corrected chi connectivity index (χ4v) is 3.68. The summed E-state index contributed by atoms with van der Waals surface area (Å²) in [5.41, 5.74) is 1.30. The van der Waals surface area contributed by atoms with Crippen LogP contribution in [-0.2, 0) is 9.47 Å². The first-order chi connectivity index (χ1) is 9.67. The predicted molar refractivity (Wildman–Crippen MR) is 82.8 cm³/mol. The molecule has 2 heterocycles. The minimum atomic E-state index is -0.0209. The van der Waals surface area contributed by atoms with E-state index in [-0.39, 0.29) is 5.60 Å². The van der Waals surface area contributed by atoms with Gasteiger partial charge in [0.05, 0.1) is 12.2 Å². The van der Waals surface area contributed by atoms with Crippen molar-refractivity contribution in [2.75, 3.05) is 19.8 Å². The number of hydrogen-bond acceptors (Lipinski definition) is 3. The Bertz CT molecular complexity index is 460. The number of nitrogens with one attached hydrogen (secondary N) is 1. The van der Waals surface area contributed by atoms with E-state index in [0.717, 1.165) is 43.6 Å². The highest BCUT2D eigenvalue weighted by Gasteiger charge is 2.41. The minimum absolute atomic E-state index is 0.0209. The second-order valence-corrected chi connectivity index (χ2v) is 6.88. The van der Waals surface area contributed by atoms with Crippen molar-refractivity contribution in [2.24, 2.45) is 0 Å². The van der Waals surface area contributed by atoms with E-state index in [1.54, 1.807) is 0 Å². The molecular weight excluding hydrogens is 318 g/mol. The van der Waals surface area contributed by atoms with Gasteiger partial charge in [-0.25, -0.2) is 0 Å². The van der Waals surface area contributed by atoms with Gasteiger partial charge < -0.3 is 14.8 Å². The van der Waals surface area contributed by atoms with Gasteiger partial charge >= 0.3 is 0 Å². The molecule has 0 aromatic heterocycles. The molecule has 0 amide bonds. The van der Waals surface area contributed by atoms with Crippen LogP contribution < -0.4 is 5.32 Å². The van der Waals surface area contributed by atoms with Crippen LogP contribution in [0.3, 0.4) is 0 Å². The number of hydrogen-bond donors (Lipinski definition) is 1. The number of ether oxygens (including phenoxy) is 2. The van der Waals surface area contributed by atoms with Crippen molar-refractivity contribution < 1.29 is 9.47 Å². The Morgan fingerprint density at radius 2 is 2.30 bits per heavy atom. The summed E-state index contributed by atoms with van der Waals surface area (Å²) in [6, 6.07) is 9.39. The van der Waals surface area contributed by atoms with Gasteiger partial charge in [0.25, 0.3) is 0 Å². The molecule has 3 unspecified atom stereocenters. The van der Waals surface area contributed by atoms with Crippen LogP contribution in [0.1, 0.15) is 37.8 Å². The van der Waals surface area contributed by atoms with Crippen molar-refractivity contribution in [3.05, 3.63) is 34.3 Å². The third kappa shape index (κ3) is 3.25. The van der Waals surface area contributed by atoms with E-state index in [9.17, 15) is 0 Å². The standard InChI is InChI=1S/C16H22BrNO2/c1-12(13-3-2-4-14(17)9-13)18-15-5-7-20-16(10-15)6-8-19-11-16/h2-4,9,12,15,18H,5-8,10-11H2,1H3. The number of halogens is 1. The molecule has 4 heteroatoms. The molecule has 3 rings (SSSR count). The maximum Gasteiger partial charge on any atom is 0.0951 e. The predicted octanol–water partition coefficient (Wildman–Crippen LogP) is 3.44. The van der Waals surface area contributed by atoms with Crippen LogP contribution in [0.2, 0.25) is 0 Å². The Labute approximate surface area is 129 Å². The van der Waals surface area contributed by atoms with Gasteiger partial charge in [-0.1, -0.05) is 28.1 Å². The molecule has 2 aliphatic heterocycles. The van der Waals surface area contributed by atoms with Gasteiger partial charge in [-0.3, -0.25) is 0 Å². The number of benzene rings is 1. The summed E-state index contributed by atoms with van der Waals surface area (Å²) in [5, 5.41) is 3.76. The van der Waals surface area contributed by atoms with Crippen LogP contribution in [0.25, 0.3) is 0 Å². The highest BCUT2D eigenvalue weighted by Crippen LogP contribution is 2.33. The topological polar surface area (TPSA) is 30.5 Å². The zero-order chi connectivity index (χ0) is 14.0. The van der Waals surface area contributed by atoms with Gasteiger partial charge in [-0.05, 0) is 37.5 Å². The first-order valence-corrected chi connectivity index (χ1v) is 8.19. The minimum Gasteiger partial charge on any atom is -0.378 e. The largest absolute Gasteiger partial charge is 0.378 e. The molecule has 2 saturated heterocycles. The molecule has 0 bridgehead atoms. The zero-order valence-corrected chi connectivity index (χ0v) is 13.5. The summed E-state index contributed by atoms with van der Waals surface area (Å²) in [4.78, 5) is 0. The molecule has 0 saturated carbocycles. The van der Waals surface area contributed by atoms with E-state index >= 15 is 0 Å². The van der Waals surface area contributed by atoms with Crippen LogP contribution >= 0.6 is 15.9 Å². The van der Waals surface area contributed by atoms with Crippen molar-refractivity contribution in [1.29, 1.82) is 0 Å². The molecule has 1 aromatic carbocycles. The summed E-state index contributed by atoms with van der Waals surface area (Å²) in [7, 11) is 0. The number of rotatable bonds is 3. The van der Waals surface area contributed by atoms with Gasteiger partial charge in [0, 0.05) is 36.2 Å². The molecule has 0 radical (unpaired) electrons. The normalized spacial score (nSPS) is 31.6. The van der Waals surface area contributed by atoms with Crippen LogP contribution in [0.15, 0.2) is 28.7 Å². The fraction of sp³-hybridized carbons (Fsp3) is 0.625. The monoisotopic (exact) mass is 339 g/mol. The summed E-state index contributed by atoms with van der Waals surface area (Å²) in [5.74, 6) is 0. The Kier molecular flexibility index (Phi) is 4.46. The quantitative estimate of drug-likeness (QED) is 0.914. The lowest BCUT2D eigenvalue weighted by molar-refractivity contribution is -0.0902. The molecule has 1 N–H and O–H groups in total. The molecule has 1 spiro atoms. The lowest BCUT2D eigenvalue weighted by Crippen LogP contribution is -2.48. The van der Waals surface area contributed by atoms with Crippen molar-refractivity contribution in [3.63, 3.8) is 0 Å². The Hall–Kier alpha value is -0.420. The van der Waals surface area contributed by atoms with E-state index in [0.29, 0.717) is 12.1 Å². The van der Waals surface area contributed by atoms with Crippen LogP contribution in [-0.4, -0.2) is 31.5 Å². The molecule has 0 aliphatic carbocycles. The maximum atomic E-state index is 5.99. The molecule has 2 aliphatic rings. The first kappa shape index (κ1) is 14.5. The van der Waals surface area contributed by atoms with E-state index in [4.69, 9.17) is 9.47 Å². The average Bonchev–Trinajstić information content (AvgIpc) is 2.87. The first-order valence-electron chi connectivity index (χ1n) is 7.40. The molecule has 1 aromatic rings. The smallest absolute Gasteiger partial charge is 0.0951 e. The van der Waals surface area contributed by atoms with E-state index < -0.39 is 0 Å². The van der Waals surface area contributed by atoms with Crippen molar-refractivity contribution in [2.45, 2.75) is 43.9 Å². The Morgan fingerprint density at radius 3 is 3.05 bits per heavy atom.